The summed E-state index contributed by atoms with van der Waals surface area (Å²) in [6, 6.07) is 5.68. The number of benzene rings is 1. The molecule has 1 aliphatic heterocycles. The number of carbonyl (C=O) groups is 1. The van der Waals surface area contributed by atoms with Gasteiger partial charge in [0.25, 0.3) is 0 Å². The lowest BCUT2D eigenvalue weighted by Gasteiger charge is -2.25. The highest BCUT2D eigenvalue weighted by Gasteiger charge is 2.29. The molecule has 0 aliphatic carbocycles. The van der Waals surface area contributed by atoms with Crippen molar-refractivity contribution in [2.75, 3.05) is 13.2 Å². The van der Waals surface area contributed by atoms with Crippen molar-refractivity contribution in [2.45, 2.75) is 38.1 Å². The van der Waals surface area contributed by atoms with E-state index in [9.17, 15) is 4.79 Å². The third-order valence-corrected chi connectivity index (χ3v) is 4.44. The van der Waals surface area contributed by atoms with Crippen LogP contribution in [0, 0.1) is 0 Å². The SMILES string of the molecule is O=C(CCCCO)N1CCCC1c1ccc(Cl)c(Cl)c1. The van der Waals surface area contributed by atoms with E-state index >= 15 is 0 Å². The predicted octanol–water partition coefficient (Wildman–Crippen LogP) is 3.82. The maximum Gasteiger partial charge on any atom is 0.223 e. The van der Waals surface area contributed by atoms with E-state index in [1.54, 1.807) is 6.07 Å². The summed E-state index contributed by atoms with van der Waals surface area (Å²) in [5, 5.41) is 9.85. The maximum absolute atomic E-state index is 12.2. The number of hydrogen-bond donors (Lipinski definition) is 1. The number of hydrogen-bond acceptors (Lipinski definition) is 2. The number of amides is 1. The first-order chi connectivity index (χ1) is 9.63. The van der Waals surface area contributed by atoms with Gasteiger partial charge in [0.05, 0.1) is 16.1 Å². The fraction of sp³-hybridized carbons (Fsp3) is 0.533. The maximum atomic E-state index is 12.2. The first-order valence-corrected chi connectivity index (χ1v) is 7.74. The lowest BCUT2D eigenvalue weighted by molar-refractivity contribution is -0.132. The Bertz CT molecular complexity index is 479. The van der Waals surface area contributed by atoms with Crippen LogP contribution >= 0.6 is 23.2 Å². The van der Waals surface area contributed by atoms with Crippen LogP contribution in [0.4, 0.5) is 0 Å². The van der Waals surface area contributed by atoms with Crippen LogP contribution in [-0.2, 0) is 4.79 Å². The lowest BCUT2D eigenvalue weighted by Crippen LogP contribution is -2.30. The van der Waals surface area contributed by atoms with E-state index in [0.29, 0.717) is 22.9 Å². The summed E-state index contributed by atoms with van der Waals surface area (Å²) in [6.45, 7) is 0.937. The molecule has 1 aliphatic rings. The van der Waals surface area contributed by atoms with Crippen LogP contribution < -0.4 is 0 Å². The van der Waals surface area contributed by atoms with Crippen LogP contribution in [0.15, 0.2) is 18.2 Å². The Morgan fingerprint density at radius 2 is 2.10 bits per heavy atom. The van der Waals surface area contributed by atoms with E-state index in [-0.39, 0.29) is 18.6 Å². The summed E-state index contributed by atoms with van der Waals surface area (Å²) >= 11 is 12.0. The minimum Gasteiger partial charge on any atom is -0.396 e. The molecule has 2 rings (SSSR count). The van der Waals surface area contributed by atoms with Crippen molar-refractivity contribution in [3.63, 3.8) is 0 Å². The summed E-state index contributed by atoms with van der Waals surface area (Å²) in [5.74, 6) is 0.159. The van der Waals surface area contributed by atoms with Gasteiger partial charge in [-0.05, 0) is 43.4 Å². The van der Waals surface area contributed by atoms with Crippen LogP contribution in [0.3, 0.4) is 0 Å². The second kappa shape index (κ2) is 7.30. The molecule has 1 atom stereocenters. The van der Waals surface area contributed by atoms with Crippen LogP contribution in [0.2, 0.25) is 10.0 Å². The van der Waals surface area contributed by atoms with Gasteiger partial charge >= 0.3 is 0 Å². The fourth-order valence-corrected chi connectivity index (χ4v) is 2.97. The molecule has 0 spiro atoms. The molecule has 1 N–H and O–H groups in total. The Morgan fingerprint density at radius 1 is 1.30 bits per heavy atom. The summed E-state index contributed by atoms with van der Waals surface area (Å²) in [6.07, 6.45) is 3.88. The van der Waals surface area contributed by atoms with E-state index < -0.39 is 0 Å². The molecule has 5 heteroatoms. The normalized spacial score (nSPS) is 18.6. The van der Waals surface area contributed by atoms with Gasteiger partial charge in [0.1, 0.15) is 0 Å². The molecule has 3 nitrogen and oxygen atoms in total. The van der Waals surface area contributed by atoms with Crippen molar-refractivity contribution in [1.82, 2.24) is 4.90 Å². The first kappa shape index (κ1) is 15.6. The average Bonchev–Trinajstić information content (AvgIpc) is 2.91. The molecule has 1 amide bonds. The molecule has 0 bridgehead atoms. The Morgan fingerprint density at radius 3 is 2.80 bits per heavy atom. The van der Waals surface area contributed by atoms with Crippen molar-refractivity contribution >= 4 is 29.1 Å². The number of aliphatic hydroxyl groups excluding tert-OH is 1. The second-order valence-corrected chi connectivity index (χ2v) is 5.91. The molecule has 1 saturated heterocycles. The Hall–Kier alpha value is -0.770. The minimum atomic E-state index is 0.103. The van der Waals surface area contributed by atoms with E-state index in [1.165, 1.54) is 0 Å². The van der Waals surface area contributed by atoms with Gasteiger partial charge in [-0.15, -0.1) is 0 Å². The topological polar surface area (TPSA) is 40.5 Å². The van der Waals surface area contributed by atoms with Crippen molar-refractivity contribution in [3.8, 4) is 0 Å². The van der Waals surface area contributed by atoms with Gasteiger partial charge in [-0.25, -0.2) is 0 Å². The Kier molecular flexibility index (Phi) is 5.70. The van der Waals surface area contributed by atoms with Crippen molar-refractivity contribution in [2.24, 2.45) is 0 Å². The smallest absolute Gasteiger partial charge is 0.223 e. The molecule has 1 fully saturated rings. The highest BCUT2D eigenvalue weighted by atomic mass is 35.5. The highest BCUT2D eigenvalue weighted by Crippen LogP contribution is 2.35. The fourth-order valence-electron chi connectivity index (χ4n) is 2.66. The number of carbonyl (C=O) groups excluding carboxylic acids is 1. The lowest BCUT2D eigenvalue weighted by atomic mass is 10.0. The van der Waals surface area contributed by atoms with Crippen LogP contribution in [0.1, 0.15) is 43.7 Å². The molecule has 0 saturated carbocycles. The van der Waals surface area contributed by atoms with Gasteiger partial charge in [0.15, 0.2) is 0 Å². The van der Waals surface area contributed by atoms with Crippen LogP contribution in [0.5, 0.6) is 0 Å². The van der Waals surface area contributed by atoms with E-state index in [2.05, 4.69) is 0 Å². The summed E-state index contributed by atoms with van der Waals surface area (Å²) in [5.41, 5.74) is 1.05. The van der Waals surface area contributed by atoms with Gasteiger partial charge < -0.3 is 10.0 Å². The van der Waals surface area contributed by atoms with Gasteiger partial charge in [-0.1, -0.05) is 29.3 Å². The highest BCUT2D eigenvalue weighted by molar-refractivity contribution is 6.42. The molecule has 0 aromatic heterocycles. The quantitative estimate of drug-likeness (QED) is 0.839. The van der Waals surface area contributed by atoms with Gasteiger partial charge in [0, 0.05) is 19.6 Å². The number of rotatable bonds is 5. The average molecular weight is 316 g/mol. The molecule has 110 valence electrons. The third kappa shape index (κ3) is 3.66. The number of likely N-dealkylation sites (tertiary alicyclic amines) is 1. The number of unbranched alkanes of at least 4 members (excludes halogenated alkanes) is 1. The molecule has 1 aromatic carbocycles. The molecule has 20 heavy (non-hydrogen) atoms. The van der Waals surface area contributed by atoms with E-state index in [0.717, 1.165) is 31.4 Å². The van der Waals surface area contributed by atoms with Crippen LogP contribution in [0.25, 0.3) is 0 Å². The van der Waals surface area contributed by atoms with Crippen molar-refractivity contribution in [1.29, 1.82) is 0 Å². The van der Waals surface area contributed by atoms with Gasteiger partial charge in [-0.2, -0.15) is 0 Å². The zero-order valence-corrected chi connectivity index (χ0v) is 12.8. The van der Waals surface area contributed by atoms with Crippen LogP contribution in [-0.4, -0.2) is 29.1 Å². The van der Waals surface area contributed by atoms with Crippen molar-refractivity contribution < 1.29 is 9.90 Å². The monoisotopic (exact) mass is 315 g/mol. The molecule has 0 radical (unpaired) electrons. The number of nitrogens with zero attached hydrogens (tertiary/aromatic N) is 1. The summed E-state index contributed by atoms with van der Waals surface area (Å²) in [4.78, 5) is 14.2. The van der Waals surface area contributed by atoms with E-state index in [1.807, 2.05) is 17.0 Å². The first-order valence-electron chi connectivity index (χ1n) is 6.98. The number of aliphatic hydroxyl groups is 1. The van der Waals surface area contributed by atoms with Gasteiger partial charge in [-0.3, -0.25) is 4.79 Å². The Balaban J connectivity index is 2.06. The number of halogens is 2. The van der Waals surface area contributed by atoms with Gasteiger partial charge in [0.2, 0.25) is 5.91 Å². The molecule has 1 unspecified atom stereocenters. The molecule has 1 aromatic rings. The second-order valence-electron chi connectivity index (χ2n) is 5.10. The zero-order chi connectivity index (χ0) is 14.5. The minimum absolute atomic E-state index is 0.103. The van der Waals surface area contributed by atoms with Crippen molar-refractivity contribution in [3.05, 3.63) is 33.8 Å². The largest absolute Gasteiger partial charge is 0.396 e. The predicted molar refractivity (Wildman–Crippen MR) is 81.1 cm³/mol. The zero-order valence-electron chi connectivity index (χ0n) is 11.3. The molecule has 1 heterocycles. The summed E-state index contributed by atoms with van der Waals surface area (Å²) < 4.78 is 0. The third-order valence-electron chi connectivity index (χ3n) is 3.70. The standard InChI is InChI=1S/C15H19Cl2NO2/c16-12-7-6-11(10-13(12)17)14-4-3-8-18(14)15(20)5-1-2-9-19/h6-7,10,14,19H,1-5,8-9H2. The Labute approximate surface area is 129 Å². The summed E-state index contributed by atoms with van der Waals surface area (Å²) in [7, 11) is 0. The molecular formula is C15H19Cl2NO2. The van der Waals surface area contributed by atoms with E-state index in [4.69, 9.17) is 28.3 Å². The molecular weight excluding hydrogens is 297 g/mol.